The van der Waals surface area contributed by atoms with Crippen molar-refractivity contribution in [2.45, 2.75) is 26.1 Å². The van der Waals surface area contributed by atoms with Gasteiger partial charge in [-0.25, -0.2) is 4.39 Å². The summed E-state index contributed by atoms with van der Waals surface area (Å²) < 4.78 is 50.3. The molecule has 0 aliphatic heterocycles. The van der Waals surface area contributed by atoms with Crippen molar-refractivity contribution in [3.05, 3.63) is 34.6 Å². The van der Waals surface area contributed by atoms with E-state index in [0.717, 1.165) is 6.07 Å². The van der Waals surface area contributed by atoms with Crippen molar-refractivity contribution in [3.8, 4) is 0 Å². The second-order valence-electron chi connectivity index (χ2n) is 3.45. The first kappa shape index (κ1) is 12.0. The van der Waals surface area contributed by atoms with Crippen LogP contribution >= 0.6 is 0 Å². The molecule has 1 atom stereocenters. The summed E-state index contributed by atoms with van der Waals surface area (Å²) in [4.78, 5) is 0. The Balaban J connectivity index is 3.42. The number of rotatable bonds is 1. The van der Waals surface area contributed by atoms with E-state index in [2.05, 4.69) is 0 Å². The molecule has 0 saturated carbocycles. The first-order chi connectivity index (χ1) is 6.73. The number of hydrogen-bond donors (Lipinski definition) is 1. The maximum atomic E-state index is 12.9. The number of hydrogen-bond acceptors (Lipinski definition) is 1. The lowest BCUT2D eigenvalue weighted by Gasteiger charge is -2.16. The Bertz CT molecular complexity index is 368. The minimum absolute atomic E-state index is 0.0149. The third-order valence-corrected chi connectivity index (χ3v) is 2.21. The van der Waals surface area contributed by atoms with E-state index in [0.29, 0.717) is 6.07 Å². The molecule has 1 rings (SSSR count). The van der Waals surface area contributed by atoms with Crippen molar-refractivity contribution in [2.75, 3.05) is 0 Å². The van der Waals surface area contributed by atoms with Gasteiger partial charge in [0.1, 0.15) is 5.82 Å². The first-order valence-electron chi connectivity index (χ1n) is 4.36. The molecule has 0 bridgehead atoms. The zero-order valence-corrected chi connectivity index (χ0v) is 8.32. The highest BCUT2D eigenvalue weighted by atomic mass is 19.4. The van der Waals surface area contributed by atoms with Gasteiger partial charge in [0.2, 0.25) is 0 Å². The summed E-state index contributed by atoms with van der Waals surface area (Å²) in [5.74, 6) is -0.916. The van der Waals surface area contributed by atoms with Crippen molar-refractivity contribution in [1.82, 2.24) is 0 Å². The summed E-state index contributed by atoms with van der Waals surface area (Å²) in [6.07, 6.45) is -4.55. The smallest absolute Gasteiger partial charge is 0.324 e. The second-order valence-corrected chi connectivity index (χ2v) is 3.45. The van der Waals surface area contributed by atoms with Crippen LogP contribution in [0.3, 0.4) is 0 Å². The Morgan fingerprint density at radius 1 is 1.27 bits per heavy atom. The van der Waals surface area contributed by atoms with Crippen LogP contribution in [0, 0.1) is 12.7 Å². The Hall–Kier alpha value is -1.10. The van der Waals surface area contributed by atoms with Crippen LogP contribution in [0.1, 0.15) is 29.7 Å². The van der Waals surface area contributed by atoms with E-state index in [1.54, 1.807) is 0 Å². The van der Waals surface area contributed by atoms with E-state index >= 15 is 0 Å². The van der Waals surface area contributed by atoms with Crippen LogP contribution in [0.4, 0.5) is 17.6 Å². The van der Waals surface area contributed by atoms with Gasteiger partial charge < -0.3 is 5.73 Å². The van der Waals surface area contributed by atoms with Crippen LogP contribution in [-0.2, 0) is 6.18 Å². The molecular weight excluding hydrogens is 210 g/mol. The lowest BCUT2D eigenvalue weighted by molar-refractivity contribution is -0.138. The molecule has 1 aromatic carbocycles. The van der Waals surface area contributed by atoms with Crippen LogP contribution in [0.15, 0.2) is 12.1 Å². The quantitative estimate of drug-likeness (QED) is 0.724. The molecule has 0 saturated heterocycles. The molecule has 0 unspecified atom stereocenters. The van der Waals surface area contributed by atoms with Gasteiger partial charge in [0.05, 0.1) is 5.56 Å². The monoisotopic (exact) mass is 221 g/mol. The lowest BCUT2D eigenvalue weighted by Crippen LogP contribution is -2.14. The summed E-state index contributed by atoms with van der Waals surface area (Å²) in [5, 5.41) is 0. The fraction of sp³-hybridized carbons (Fsp3) is 0.400. The van der Waals surface area contributed by atoms with Gasteiger partial charge in [0.15, 0.2) is 0 Å². The van der Waals surface area contributed by atoms with Crippen LogP contribution in [0.5, 0.6) is 0 Å². The molecule has 0 aliphatic carbocycles. The largest absolute Gasteiger partial charge is 0.416 e. The molecule has 84 valence electrons. The molecule has 0 aromatic heterocycles. The summed E-state index contributed by atoms with van der Waals surface area (Å²) in [5.41, 5.74) is 4.67. The van der Waals surface area contributed by atoms with Crippen molar-refractivity contribution in [3.63, 3.8) is 0 Å². The molecule has 15 heavy (non-hydrogen) atoms. The number of alkyl halides is 3. The fourth-order valence-corrected chi connectivity index (χ4v) is 1.47. The van der Waals surface area contributed by atoms with Crippen molar-refractivity contribution in [2.24, 2.45) is 5.73 Å². The third-order valence-electron chi connectivity index (χ3n) is 2.21. The fourth-order valence-electron chi connectivity index (χ4n) is 1.47. The van der Waals surface area contributed by atoms with E-state index in [1.165, 1.54) is 13.8 Å². The van der Waals surface area contributed by atoms with Crippen molar-refractivity contribution < 1.29 is 17.6 Å². The minimum Gasteiger partial charge on any atom is -0.324 e. The summed E-state index contributed by atoms with van der Waals surface area (Å²) in [6, 6.07) is 0.901. The number of nitrogens with two attached hydrogens (primary N) is 1. The van der Waals surface area contributed by atoms with Crippen LogP contribution < -0.4 is 5.73 Å². The van der Waals surface area contributed by atoms with Crippen molar-refractivity contribution >= 4 is 0 Å². The first-order valence-corrected chi connectivity index (χ1v) is 4.36. The third kappa shape index (κ3) is 2.47. The van der Waals surface area contributed by atoms with E-state index in [4.69, 9.17) is 5.73 Å². The highest BCUT2D eigenvalue weighted by Crippen LogP contribution is 2.34. The molecule has 0 radical (unpaired) electrons. The summed E-state index contributed by atoms with van der Waals surface area (Å²) in [6.45, 7) is 2.81. The lowest BCUT2D eigenvalue weighted by atomic mass is 9.97. The average molecular weight is 221 g/mol. The Kier molecular flexibility index (Phi) is 3.04. The maximum absolute atomic E-state index is 12.9. The molecule has 2 N–H and O–H groups in total. The topological polar surface area (TPSA) is 26.0 Å². The zero-order chi connectivity index (χ0) is 11.8. The van der Waals surface area contributed by atoms with E-state index in [-0.39, 0.29) is 11.1 Å². The Morgan fingerprint density at radius 2 is 1.80 bits per heavy atom. The number of benzene rings is 1. The van der Waals surface area contributed by atoms with Crippen LogP contribution in [-0.4, -0.2) is 0 Å². The summed E-state index contributed by atoms with van der Waals surface area (Å²) >= 11 is 0. The van der Waals surface area contributed by atoms with Gasteiger partial charge in [-0.1, -0.05) is 0 Å². The molecule has 5 heteroatoms. The van der Waals surface area contributed by atoms with Gasteiger partial charge in [-0.15, -0.1) is 0 Å². The zero-order valence-electron chi connectivity index (χ0n) is 8.32. The predicted molar refractivity (Wildman–Crippen MR) is 48.7 cm³/mol. The molecular formula is C10H11F4N. The maximum Gasteiger partial charge on any atom is 0.416 e. The van der Waals surface area contributed by atoms with Gasteiger partial charge in [-0.2, -0.15) is 13.2 Å². The molecule has 0 spiro atoms. The average Bonchev–Trinajstić information content (AvgIpc) is 2.06. The Morgan fingerprint density at radius 3 is 2.20 bits per heavy atom. The van der Waals surface area contributed by atoms with E-state index in [1.807, 2.05) is 0 Å². The van der Waals surface area contributed by atoms with E-state index in [9.17, 15) is 17.6 Å². The molecule has 0 heterocycles. The van der Waals surface area contributed by atoms with Gasteiger partial charge >= 0.3 is 6.18 Å². The van der Waals surface area contributed by atoms with Crippen molar-refractivity contribution in [1.29, 1.82) is 0 Å². The van der Waals surface area contributed by atoms with Crippen LogP contribution in [0.2, 0.25) is 0 Å². The predicted octanol–water partition coefficient (Wildman–Crippen LogP) is 3.17. The van der Waals surface area contributed by atoms with E-state index < -0.39 is 23.6 Å². The van der Waals surface area contributed by atoms with Gasteiger partial charge in [0, 0.05) is 6.04 Å². The Labute approximate surface area is 84.9 Å². The number of halogens is 4. The summed E-state index contributed by atoms with van der Waals surface area (Å²) in [7, 11) is 0. The highest BCUT2D eigenvalue weighted by molar-refractivity contribution is 5.38. The molecule has 1 aromatic rings. The molecule has 1 nitrogen and oxygen atoms in total. The molecule has 0 fully saturated rings. The van der Waals surface area contributed by atoms with Gasteiger partial charge in [-0.05, 0) is 37.1 Å². The second kappa shape index (κ2) is 3.81. The SMILES string of the molecule is Cc1c([C@@H](C)N)cc(F)cc1C(F)(F)F. The van der Waals surface area contributed by atoms with Crippen LogP contribution in [0.25, 0.3) is 0 Å². The normalized spacial score (nSPS) is 14.1. The standard InChI is InChI=1S/C10H11F4N/c1-5-8(6(2)15)3-7(11)4-9(5)10(12,13)14/h3-4,6H,15H2,1-2H3/t6-/m1/s1. The molecule has 0 amide bonds. The highest BCUT2D eigenvalue weighted by Gasteiger charge is 2.34. The molecule has 0 aliphatic rings. The van der Waals surface area contributed by atoms with Gasteiger partial charge in [-0.3, -0.25) is 0 Å². The van der Waals surface area contributed by atoms with Gasteiger partial charge in [0.25, 0.3) is 0 Å². The minimum atomic E-state index is -4.55.